The summed E-state index contributed by atoms with van der Waals surface area (Å²) in [7, 11) is 0. The number of ketones is 1. The Labute approximate surface area is 122 Å². The van der Waals surface area contributed by atoms with Crippen LogP contribution in [-0.2, 0) is 0 Å². The summed E-state index contributed by atoms with van der Waals surface area (Å²) in [6.07, 6.45) is 0.609. The SMILES string of the molecule is Cc1ccc2ccccc2c1C(=O)CC(C)C(C)(C)C. The van der Waals surface area contributed by atoms with Gasteiger partial charge in [0.15, 0.2) is 5.78 Å². The van der Waals surface area contributed by atoms with E-state index in [0.717, 1.165) is 21.9 Å². The van der Waals surface area contributed by atoms with Crippen molar-refractivity contribution < 1.29 is 4.79 Å². The molecule has 0 aliphatic carbocycles. The Balaban J connectivity index is 2.42. The lowest BCUT2D eigenvalue weighted by Crippen LogP contribution is -2.21. The lowest BCUT2D eigenvalue weighted by molar-refractivity contribution is 0.0928. The molecule has 1 nitrogen and oxygen atoms in total. The molecular weight excluding hydrogens is 244 g/mol. The second-order valence-electron chi connectivity index (χ2n) is 6.87. The molecule has 0 aliphatic heterocycles. The lowest BCUT2D eigenvalue weighted by atomic mass is 9.78. The fourth-order valence-electron chi connectivity index (χ4n) is 2.44. The maximum Gasteiger partial charge on any atom is 0.164 e. The first-order valence-corrected chi connectivity index (χ1v) is 7.32. The van der Waals surface area contributed by atoms with Crippen LogP contribution in [0.3, 0.4) is 0 Å². The maximum atomic E-state index is 12.7. The van der Waals surface area contributed by atoms with E-state index >= 15 is 0 Å². The van der Waals surface area contributed by atoms with E-state index < -0.39 is 0 Å². The van der Waals surface area contributed by atoms with E-state index in [1.54, 1.807) is 0 Å². The molecule has 0 bridgehead atoms. The lowest BCUT2D eigenvalue weighted by Gasteiger charge is -2.27. The number of fused-ring (bicyclic) bond motifs is 1. The molecule has 0 N–H and O–H groups in total. The summed E-state index contributed by atoms with van der Waals surface area (Å²) in [5.41, 5.74) is 2.14. The summed E-state index contributed by atoms with van der Waals surface area (Å²) in [6, 6.07) is 12.3. The minimum atomic E-state index is 0.161. The monoisotopic (exact) mass is 268 g/mol. The Bertz CT molecular complexity index is 632. The van der Waals surface area contributed by atoms with E-state index in [1.165, 1.54) is 0 Å². The average Bonchev–Trinajstić information content (AvgIpc) is 2.37. The second-order valence-corrected chi connectivity index (χ2v) is 6.87. The van der Waals surface area contributed by atoms with Gasteiger partial charge in [-0.05, 0) is 34.6 Å². The zero-order valence-corrected chi connectivity index (χ0v) is 13.2. The average molecular weight is 268 g/mol. The summed E-state index contributed by atoms with van der Waals surface area (Å²) in [4.78, 5) is 12.7. The zero-order valence-electron chi connectivity index (χ0n) is 13.2. The summed E-state index contributed by atoms with van der Waals surface area (Å²) < 4.78 is 0. The first-order chi connectivity index (χ1) is 9.30. The predicted molar refractivity (Wildman–Crippen MR) is 86.3 cm³/mol. The molecule has 0 aromatic heterocycles. The molecule has 0 heterocycles. The van der Waals surface area contributed by atoms with Gasteiger partial charge in [0.1, 0.15) is 0 Å². The molecule has 0 amide bonds. The van der Waals surface area contributed by atoms with E-state index in [2.05, 4.69) is 52.0 Å². The number of hydrogen-bond acceptors (Lipinski definition) is 1. The van der Waals surface area contributed by atoms with Crippen molar-refractivity contribution in [1.29, 1.82) is 0 Å². The van der Waals surface area contributed by atoms with Crippen molar-refractivity contribution in [1.82, 2.24) is 0 Å². The van der Waals surface area contributed by atoms with Crippen LogP contribution in [0.5, 0.6) is 0 Å². The van der Waals surface area contributed by atoms with Crippen LogP contribution in [0.4, 0.5) is 0 Å². The van der Waals surface area contributed by atoms with Gasteiger partial charge in [-0.25, -0.2) is 0 Å². The van der Waals surface area contributed by atoms with Gasteiger partial charge >= 0.3 is 0 Å². The Hall–Kier alpha value is -1.63. The van der Waals surface area contributed by atoms with Gasteiger partial charge in [0, 0.05) is 12.0 Å². The Morgan fingerprint density at radius 1 is 1.10 bits per heavy atom. The fraction of sp³-hybridized carbons (Fsp3) is 0.421. The third-order valence-corrected chi connectivity index (χ3v) is 4.39. The minimum Gasteiger partial charge on any atom is -0.294 e. The minimum absolute atomic E-state index is 0.161. The van der Waals surface area contributed by atoms with Crippen molar-refractivity contribution in [3.8, 4) is 0 Å². The van der Waals surface area contributed by atoms with Crippen molar-refractivity contribution in [2.45, 2.75) is 41.0 Å². The van der Waals surface area contributed by atoms with Crippen LogP contribution >= 0.6 is 0 Å². The first-order valence-electron chi connectivity index (χ1n) is 7.32. The molecule has 0 fully saturated rings. The molecule has 0 saturated heterocycles. The number of benzene rings is 2. The number of carbonyl (C=O) groups excluding carboxylic acids is 1. The quantitative estimate of drug-likeness (QED) is 0.681. The molecule has 0 spiro atoms. The van der Waals surface area contributed by atoms with Gasteiger partial charge in [-0.15, -0.1) is 0 Å². The van der Waals surface area contributed by atoms with Gasteiger partial charge in [-0.3, -0.25) is 4.79 Å². The predicted octanol–water partition coefficient (Wildman–Crippen LogP) is 5.40. The summed E-state index contributed by atoms with van der Waals surface area (Å²) >= 11 is 0. The Morgan fingerprint density at radius 3 is 2.40 bits per heavy atom. The molecule has 0 aliphatic rings. The molecule has 1 heteroatoms. The van der Waals surface area contributed by atoms with E-state index in [9.17, 15) is 4.79 Å². The molecule has 1 atom stereocenters. The van der Waals surface area contributed by atoms with Crippen molar-refractivity contribution in [3.63, 3.8) is 0 Å². The van der Waals surface area contributed by atoms with Gasteiger partial charge in [0.25, 0.3) is 0 Å². The first kappa shape index (κ1) is 14.8. The van der Waals surface area contributed by atoms with E-state index in [4.69, 9.17) is 0 Å². The van der Waals surface area contributed by atoms with Gasteiger partial charge in [-0.1, -0.05) is 64.1 Å². The number of hydrogen-bond donors (Lipinski definition) is 0. The highest BCUT2D eigenvalue weighted by molar-refractivity contribution is 6.09. The van der Waals surface area contributed by atoms with Crippen LogP contribution in [-0.4, -0.2) is 5.78 Å². The molecule has 106 valence electrons. The molecule has 2 rings (SSSR count). The highest BCUT2D eigenvalue weighted by Gasteiger charge is 2.24. The molecule has 1 unspecified atom stereocenters. The van der Waals surface area contributed by atoms with Crippen LogP contribution in [0.1, 0.15) is 50.0 Å². The maximum absolute atomic E-state index is 12.7. The normalized spacial score (nSPS) is 13.4. The van der Waals surface area contributed by atoms with Gasteiger partial charge in [0.2, 0.25) is 0 Å². The molecule has 2 aromatic rings. The van der Waals surface area contributed by atoms with Crippen LogP contribution in [0.15, 0.2) is 36.4 Å². The van der Waals surface area contributed by atoms with E-state index in [0.29, 0.717) is 12.3 Å². The third kappa shape index (κ3) is 2.92. The van der Waals surface area contributed by atoms with E-state index in [-0.39, 0.29) is 11.2 Å². The highest BCUT2D eigenvalue weighted by Crippen LogP contribution is 2.31. The molecule has 0 saturated carbocycles. The molecule has 20 heavy (non-hydrogen) atoms. The summed E-state index contributed by atoms with van der Waals surface area (Å²) in [5.74, 6) is 0.634. The molecule has 0 radical (unpaired) electrons. The van der Waals surface area contributed by atoms with Crippen molar-refractivity contribution >= 4 is 16.6 Å². The standard InChI is InChI=1S/C19H24O/c1-13-10-11-15-8-6-7-9-16(15)18(13)17(20)12-14(2)19(3,4)5/h6-11,14H,12H2,1-5H3. The molecular formula is C19H24O. The largest absolute Gasteiger partial charge is 0.294 e. The second kappa shape index (κ2) is 5.40. The molecule has 2 aromatic carbocycles. The smallest absolute Gasteiger partial charge is 0.164 e. The van der Waals surface area contributed by atoms with Crippen molar-refractivity contribution in [3.05, 3.63) is 47.5 Å². The van der Waals surface area contributed by atoms with Crippen LogP contribution < -0.4 is 0 Å². The number of rotatable bonds is 3. The van der Waals surface area contributed by atoms with E-state index in [1.807, 2.05) is 19.1 Å². The van der Waals surface area contributed by atoms with Gasteiger partial charge < -0.3 is 0 Å². The van der Waals surface area contributed by atoms with Crippen molar-refractivity contribution in [2.24, 2.45) is 11.3 Å². The fourth-order valence-corrected chi connectivity index (χ4v) is 2.44. The highest BCUT2D eigenvalue weighted by atomic mass is 16.1. The van der Waals surface area contributed by atoms with Gasteiger partial charge in [-0.2, -0.15) is 0 Å². The van der Waals surface area contributed by atoms with Crippen LogP contribution in [0.2, 0.25) is 0 Å². The van der Waals surface area contributed by atoms with Crippen LogP contribution in [0.25, 0.3) is 10.8 Å². The Kier molecular flexibility index (Phi) is 3.99. The third-order valence-electron chi connectivity index (χ3n) is 4.39. The number of aryl methyl sites for hydroxylation is 1. The van der Waals surface area contributed by atoms with Crippen LogP contribution in [0, 0.1) is 18.3 Å². The summed E-state index contributed by atoms with van der Waals surface area (Å²) in [6.45, 7) is 10.8. The number of Topliss-reactive ketones (excluding diaryl/α,β-unsaturated/α-hetero) is 1. The summed E-state index contributed by atoms with van der Waals surface area (Å²) in [5, 5.41) is 2.23. The zero-order chi connectivity index (χ0) is 14.9. The van der Waals surface area contributed by atoms with Gasteiger partial charge in [0.05, 0.1) is 0 Å². The number of carbonyl (C=O) groups is 1. The Morgan fingerprint density at radius 2 is 1.75 bits per heavy atom. The van der Waals surface area contributed by atoms with Crippen molar-refractivity contribution in [2.75, 3.05) is 0 Å². The topological polar surface area (TPSA) is 17.1 Å².